The number of benzene rings is 2. The Balaban J connectivity index is 1.85. The topological polar surface area (TPSA) is 48.5 Å². The Labute approximate surface area is 150 Å². The summed E-state index contributed by atoms with van der Waals surface area (Å²) in [7, 11) is 0. The lowest BCUT2D eigenvalue weighted by molar-refractivity contribution is 0.863. The third-order valence-electron chi connectivity index (χ3n) is 4.66. The van der Waals surface area contributed by atoms with Crippen molar-refractivity contribution < 1.29 is 0 Å². The predicted molar refractivity (Wildman–Crippen MR) is 103 cm³/mol. The Kier molecular flexibility index (Phi) is 3.15. The minimum atomic E-state index is 0.846. The zero-order valence-corrected chi connectivity index (χ0v) is 14.6. The molecule has 0 aliphatic rings. The molecule has 5 heteroatoms. The lowest BCUT2D eigenvalue weighted by atomic mass is 10.2. The van der Waals surface area contributed by atoms with Gasteiger partial charge in [-0.25, -0.2) is 14.3 Å². The third-order valence-corrected chi connectivity index (χ3v) is 4.66. The van der Waals surface area contributed by atoms with Crippen molar-refractivity contribution in [1.82, 2.24) is 24.5 Å². The van der Waals surface area contributed by atoms with E-state index in [1.165, 1.54) is 0 Å². The number of nitrogens with zero attached hydrogens (tertiary/aromatic N) is 5. The molecule has 3 heterocycles. The van der Waals surface area contributed by atoms with Crippen molar-refractivity contribution in [3.8, 4) is 11.4 Å². The zero-order chi connectivity index (χ0) is 17.7. The minimum absolute atomic E-state index is 0.846. The molecule has 0 spiro atoms. The standard InChI is InChI=1S/C21H17N5/c1-14-18-13-19-15(2)24-26(17-11-7-4-8-12-17)21(19)22-20(18)25(23-14)16-9-5-3-6-10-16/h3-13H,1-2H3. The van der Waals surface area contributed by atoms with Crippen LogP contribution < -0.4 is 0 Å². The van der Waals surface area contributed by atoms with E-state index in [0.717, 1.165) is 44.8 Å². The second-order valence-corrected chi connectivity index (χ2v) is 6.40. The van der Waals surface area contributed by atoms with Gasteiger partial charge in [-0.05, 0) is 44.2 Å². The maximum absolute atomic E-state index is 4.97. The Hall–Kier alpha value is -3.47. The minimum Gasteiger partial charge on any atom is -0.214 e. The molecule has 0 fully saturated rings. The quantitative estimate of drug-likeness (QED) is 0.480. The van der Waals surface area contributed by atoms with Crippen molar-refractivity contribution in [2.75, 3.05) is 0 Å². The third kappa shape index (κ3) is 2.14. The number of fused-ring (bicyclic) bond motifs is 2. The molecule has 0 N–H and O–H groups in total. The van der Waals surface area contributed by atoms with Crippen LogP contribution in [0.5, 0.6) is 0 Å². The van der Waals surface area contributed by atoms with Gasteiger partial charge < -0.3 is 0 Å². The van der Waals surface area contributed by atoms with Gasteiger partial charge in [-0.1, -0.05) is 36.4 Å². The summed E-state index contributed by atoms with van der Waals surface area (Å²) in [6.45, 7) is 4.04. The Morgan fingerprint density at radius 3 is 1.46 bits per heavy atom. The maximum atomic E-state index is 4.97. The smallest absolute Gasteiger partial charge is 0.165 e. The first-order valence-electron chi connectivity index (χ1n) is 8.59. The number of aryl methyl sites for hydroxylation is 2. The Morgan fingerprint density at radius 2 is 1.04 bits per heavy atom. The highest BCUT2D eigenvalue weighted by atomic mass is 15.3. The van der Waals surface area contributed by atoms with Crippen molar-refractivity contribution in [3.63, 3.8) is 0 Å². The van der Waals surface area contributed by atoms with E-state index in [9.17, 15) is 0 Å². The maximum Gasteiger partial charge on any atom is 0.165 e. The summed E-state index contributed by atoms with van der Waals surface area (Å²) in [5.74, 6) is 0. The van der Waals surface area contributed by atoms with Crippen LogP contribution in [0.3, 0.4) is 0 Å². The van der Waals surface area contributed by atoms with E-state index in [0.29, 0.717) is 0 Å². The first-order valence-corrected chi connectivity index (χ1v) is 8.59. The molecule has 0 saturated heterocycles. The molecule has 5 aromatic rings. The van der Waals surface area contributed by atoms with Crippen LogP contribution in [0.4, 0.5) is 0 Å². The summed E-state index contributed by atoms with van der Waals surface area (Å²) >= 11 is 0. The normalized spacial score (nSPS) is 11.5. The Bertz CT molecular complexity index is 1140. The van der Waals surface area contributed by atoms with Crippen LogP contribution in [0.25, 0.3) is 33.4 Å². The molecule has 0 saturated carbocycles. The summed E-state index contributed by atoms with van der Waals surface area (Å²) in [6.07, 6.45) is 0. The number of hydrogen-bond donors (Lipinski definition) is 0. The fraction of sp³-hybridized carbons (Fsp3) is 0.0952. The van der Waals surface area contributed by atoms with Gasteiger partial charge in [0.15, 0.2) is 11.3 Å². The number of pyridine rings is 1. The Morgan fingerprint density at radius 1 is 0.615 bits per heavy atom. The highest BCUT2D eigenvalue weighted by Gasteiger charge is 2.17. The van der Waals surface area contributed by atoms with E-state index >= 15 is 0 Å². The van der Waals surface area contributed by atoms with Crippen LogP contribution in [0.2, 0.25) is 0 Å². The van der Waals surface area contributed by atoms with Gasteiger partial charge in [0.25, 0.3) is 0 Å². The molecule has 0 aliphatic carbocycles. The zero-order valence-electron chi connectivity index (χ0n) is 14.6. The van der Waals surface area contributed by atoms with Gasteiger partial charge in [0.05, 0.1) is 22.8 Å². The predicted octanol–water partition coefficient (Wildman–Crippen LogP) is 4.38. The van der Waals surface area contributed by atoms with Crippen molar-refractivity contribution in [3.05, 3.63) is 78.1 Å². The monoisotopic (exact) mass is 339 g/mol. The van der Waals surface area contributed by atoms with Crippen LogP contribution in [-0.2, 0) is 0 Å². The van der Waals surface area contributed by atoms with E-state index in [4.69, 9.17) is 15.2 Å². The second-order valence-electron chi connectivity index (χ2n) is 6.40. The second kappa shape index (κ2) is 5.52. The summed E-state index contributed by atoms with van der Waals surface area (Å²) in [5, 5.41) is 11.5. The molecule has 5 rings (SSSR count). The van der Waals surface area contributed by atoms with Crippen LogP contribution in [-0.4, -0.2) is 24.5 Å². The van der Waals surface area contributed by atoms with Crippen molar-refractivity contribution in [2.45, 2.75) is 13.8 Å². The number of hydrogen-bond acceptors (Lipinski definition) is 3. The molecule has 26 heavy (non-hydrogen) atoms. The molecule has 0 aliphatic heterocycles. The van der Waals surface area contributed by atoms with E-state index in [1.54, 1.807) is 0 Å². The molecule has 0 radical (unpaired) electrons. The van der Waals surface area contributed by atoms with Gasteiger partial charge in [-0.15, -0.1) is 0 Å². The van der Waals surface area contributed by atoms with Gasteiger partial charge in [0.1, 0.15) is 0 Å². The number of rotatable bonds is 2. The molecule has 0 bridgehead atoms. The molecular weight excluding hydrogens is 322 g/mol. The largest absolute Gasteiger partial charge is 0.214 e. The molecule has 2 aromatic carbocycles. The lowest BCUT2D eigenvalue weighted by Gasteiger charge is -2.04. The first-order chi connectivity index (χ1) is 12.7. The first kappa shape index (κ1) is 14.8. The summed E-state index contributed by atoms with van der Waals surface area (Å²) in [5.41, 5.74) is 5.62. The number of aromatic nitrogens is 5. The van der Waals surface area contributed by atoms with Gasteiger partial charge in [-0.3, -0.25) is 0 Å². The summed E-state index contributed by atoms with van der Waals surface area (Å²) in [4.78, 5) is 4.97. The van der Waals surface area contributed by atoms with Crippen LogP contribution in [0, 0.1) is 13.8 Å². The van der Waals surface area contributed by atoms with Crippen molar-refractivity contribution >= 4 is 22.1 Å². The van der Waals surface area contributed by atoms with Gasteiger partial charge in [0.2, 0.25) is 0 Å². The lowest BCUT2D eigenvalue weighted by Crippen LogP contribution is -2.00. The van der Waals surface area contributed by atoms with E-state index in [1.807, 2.05) is 83.9 Å². The summed E-state index contributed by atoms with van der Waals surface area (Å²) in [6, 6.07) is 22.3. The fourth-order valence-corrected chi connectivity index (χ4v) is 3.35. The van der Waals surface area contributed by atoms with E-state index < -0.39 is 0 Å². The molecule has 0 atom stereocenters. The van der Waals surface area contributed by atoms with Crippen molar-refractivity contribution in [2.24, 2.45) is 0 Å². The fourth-order valence-electron chi connectivity index (χ4n) is 3.35. The SMILES string of the molecule is Cc1nn(-c2ccccc2)c2nc3c(cc12)c(C)nn3-c1ccccc1. The van der Waals surface area contributed by atoms with Gasteiger partial charge >= 0.3 is 0 Å². The van der Waals surface area contributed by atoms with E-state index in [-0.39, 0.29) is 0 Å². The molecule has 126 valence electrons. The molecule has 0 amide bonds. The molecule has 3 aromatic heterocycles. The van der Waals surface area contributed by atoms with Gasteiger partial charge in [0, 0.05) is 10.8 Å². The molecule has 5 nitrogen and oxygen atoms in total. The number of para-hydroxylation sites is 2. The van der Waals surface area contributed by atoms with Gasteiger partial charge in [-0.2, -0.15) is 10.2 Å². The van der Waals surface area contributed by atoms with Crippen LogP contribution in [0.1, 0.15) is 11.4 Å². The molecule has 0 unspecified atom stereocenters. The highest BCUT2D eigenvalue weighted by molar-refractivity contribution is 5.93. The molecular formula is C21H17N5. The highest BCUT2D eigenvalue weighted by Crippen LogP contribution is 2.27. The van der Waals surface area contributed by atoms with Crippen LogP contribution in [0.15, 0.2) is 66.7 Å². The average Bonchev–Trinajstić information content (AvgIpc) is 3.19. The average molecular weight is 339 g/mol. The summed E-state index contributed by atoms with van der Waals surface area (Å²) < 4.78 is 3.81. The van der Waals surface area contributed by atoms with E-state index in [2.05, 4.69) is 6.07 Å². The van der Waals surface area contributed by atoms with Crippen molar-refractivity contribution in [1.29, 1.82) is 0 Å². The van der Waals surface area contributed by atoms with Crippen LogP contribution >= 0.6 is 0 Å².